The van der Waals surface area contributed by atoms with Gasteiger partial charge in [-0.25, -0.2) is 9.59 Å². The molecule has 0 spiro atoms. The molecule has 0 bridgehead atoms. The van der Waals surface area contributed by atoms with Gasteiger partial charge in [-0.2, -0.15) is 0 Å². The van der Waals surface area contributed by atoms with Crippen LogP contribution in [0.4, 0.5) is 4.79 Å². The number of carbonyl (C=O) groups is 2. The van der Waals surface area contributed by atoms with Crippen LogP contribution < -0.4 is 0 Å². The molecule has 1 heterocycles. The van der Waals surface area contributed by atoms with Crippen LogP contribution >= 0.6 is 0 Å². The first kappa shape index (κ1) is 18.3. The summed E-state index contributed by atoms with van der Waals surface area (Å²) in [6.07, 6.45) is 1.10. The van der Waals surface area contributed by atoms with Crippen LogP contribution in [0.15, 0.2) is 30.3 Å². The lowest BCUT2D eigenvalue weighted by atomic mass is 10.0. The molecular weight excluding hydrogens is 306 g/mol. The molecule has 0 aliphatic carbocycles. The number of ether oxygens (including phenoxy) is 2. The average Bonchev–Trinajstić information content (AvgIpc) is 2.96. The first-order chi connectivity index (χ1) is 11.3. The van der Waals surface area contributed by atoms with Crippen molar-refractivity contribution < 1.29 is 19.1 Å². The molecule has 1 saturated heterocycles. The Morgan fingerprint density at radius 1 is 1.21 bits per heavy atom. The fourth-order valence-corrected chi connectivity index (χ4v) is 2.79. The van der Waals surface area contributed by atoms with Crippen molar-refractivity contribution in [2.75, 3.05) is 6.54 Å². The van der Waals surface area contributed by atoms with Crippen molar-refractivity contribution in [2.45, 2.75) is 58.8 Å². The van der Waals surface area contributed by atoms with E-state index in [0.29, 0.717) is 18.9 Å². The van der Waals surface area contributed by atoms with Gasteiger partial charge in [0, 0.05) is 6.54 Å². The van der Waals surface area contributed by atoms with Gasteiger partial charge in [-0.05, 0) is 38.7 Å². The number of amides is 1. The zero-order valence-corrected chi connectivity index (χ0v) is 15.0. The average molecular weight is 333 g/mol. The van der Waals surface area contributed by atoms with E-state index in [0.717, 1.165) is 12.0 Å². The molecule has 1 amide bonds. The minimum atomic E-state index is -0.583. The predicted molar refractivity (Wildman–Crippen MR) is 91.4 cm³/mol. The van der Waals surface area contributed by atoms with E-state index in [1.165, 1.54) is 4.90 Å². The molecule has 132 valence electrons. The largest absolute Gasteiger partial charge is 0.459 e. The maximum absolute atomic E-state index is 12.5. The first-order valence-electron chi connectivity index (χ1n) is 8.50. The Kier molecular flexibility index (Phi) is 5.86. The van der Waals surface area contributed by atoms with Crippen LogP contribution in [0.5, 0.6) is 0 Å². The van der Waals surface area contributed by atoms with Gasteiger partial charge in [0.2, 0.25) is 0 Å². The third-order valence-electron chi connectivity index (χ3n) is 4.09. The highest BCUT2D eigenvalue weighted by molar-refractivity contribution is 5.82. The van der Waals surface area contributed by atoms with E-state index >= 15 is 0 Å². The number of hydrogen-bond acceptors (Lipinski definition) is 4. The summed E-state index contributed by atoms with van der Waals surface area (Å²) in [5.74, 6) is -0.0625. The highest BCUT2D eigenvalue weighted by atomic mass is 16.6. The van der Waals surface area contributed by atoms with Gasteiger partial charge in [0.1, 0.15) is 18.2 Å². The molecular formula is C19H27NO4. The van der Waals surface area contributed by atoms with Gasteiger partial charge in [-0.3, -0.25) is 4.90 Å². The van der Waals surface area contributed by atoms with Crippen LogP contribution in [0, 0.1) is 5.92 Å². The normalized spacial score (nSPS) is 20.8. The Morgan fingerprint density at radius 2 is 1.88 bits per heavy atom. The lowest BCUT2D eigenvalue weighted by Gasteiger charge is -2.27. The lowest BCUT2D eigenvalue weighted by molar-refractivity contribution is -0.150. The highest BCUT2D eigenvalue weighted by Gasteiger charge is 2.41. The zero-order chi connectivity index (χ0) is 17.7. The number of esters is 1. The molecule has 0 saturated carbocycles. The van der Waals surface area contributed by atoms with Crippen molar-refractivity contribution in [3.05, 3.63) is 35.9 Å². The van der Waals surface area contributed by atoms with Crippen molar-refractivity contribution in [3.63, 3.8) is 0 Å². The van der Waals surface area contributed by atoms with Crippen molar-refractivity contribution in [1.29, 1.82) is 0 Å². The van der Waals surface area contributed by atoms with Crippen LogP contribution in [0.25, 0.3) is 0 Å². The maximum atomic E-state index is 12.5. The Hall–Kier alpha value is -2.04. The Morgan fingerprint density at radius 3 is 2.46 bits per heavy atom. The van der Waals surface area contributed by atoms with E-state index in [1.54, 1.807) is 0 Å². The fraction of sp³-hybridized carbons (Fsp3) is 0.579. The molecule has 5 nitrogen and oxygen atoms in total. The maximum Gasteiger partial charge on any atom is 0.411 e. The van der Waals surface area contributed by atoms with E-state index < -0.39 is 17.7 Å². The summed E-state index contributed by atoms with van der Waals surface area (Å²) >= 11 is 0. The Balaban J connectivity index is 2.01. The van der Waals surface area contributed by atoms with Crippen LogP contribution in [0.3, 0.4) is 0 Å². The molecule has 2 unspecified atom stereocenters. The van der Waals surface area contributed by atoms with Gasteiger partial charge in [0.05, 0.1) is 0 Å². The molecule has 5 heteroatoms. The van der Waals surface area contributed by atoms with E-state index in [2.05, 4.69) is 6.92 Å². The zero-order valence-electron chi connectivity index (χ0n) is 15.0. The first-order valence-corrected chi connectivity index (χ1v) is 8.50. The van der Waals surface area contributed by atoms with Gasteiger partial charge in [-0.15, -0.1) is 0 Å². The highest BCUT2D eigenvalue weighted by Crippen LogP contribution is 2.28. The molecule has 2 rings (SSSR count). The standard InChI is InChI=1S/C19H27NO4/c1-5-14-11-16(20(12-14)18(22)24-19(2,3)4)17(21)23-13-15-9-7-6-8-10-15/h6-10,14,16H,5,11-13H2,1-4H3. The summed E-state index contributed by atoms with van der Waals surface area (Å²) in [7, 11) is 0. The van der Waals surface area contributed by atoms with Crippen LogP contribution in [-0.2, 0) is 20.9 Å². The van der Waals surface area contributed by atoms with Crippen molar-refractivity contribution >= 4 is 12.1 Å². The van der Waals surface area contributed by atoms with Gasteiger partial charge in [0.15, 0.2) is 0 Å². The summed E-state index contributed by atoms with van der Waals surface area (Å²) in [6, 6.07) is 8.97. The molecule has 24 heavy (non-hydrogen) atoms. The second-order valence-corrected chi connectivity index (χ2v) is 7.25. The minimum absolute atomic E-state index is 0.217. The number of nitrogens with zero attached hydrogens (tertiary/aromatic N) is 1. The number of hydrogen-bond donors (Lipinski definition) is 0. The quantitative estimate of drug-likeness (QED) is 0.787. The summed E-state index contributed by atoms with van der Waals surface area (Å²) in [5, 5.41) is 0. The third-order valence-corrected chi connectivity index (χ3v) is 4.09. The molecule has 1 fully saturated rings. The molecule has 0 radical (unpaired) electrons. The van der Waals surface area contributed by atoms with Crippen molar-refractivity contribution in [1.82, 2.24) is 4.90 Å². The number of benzene rings is 1. The van der Waals surface area contributed by atoms with E-state index in [9.17, 15) is 9.59 Å². The second kappa shape index (κ2) is 7.69. The van der Waals surface area contributed by atoms with Crippen LogP contribution in [0.2, 0.25) is 0 Å². The summed E-state index contributed by atoms with van der Waals surface area (Å²) in [4.78, 5) is 26.4. The van der Waals surface area contributed by atoms with E-state index in [1.807, 2.05) is 51.1 Å². The summed E-state index contributed by atoms with van der Waals surface area (Å²) in [5.41, 5.74) is 0.347. The number of rotatable bonds is 4. The van der Waals surface area contributed by atoms with E-state index in [-0.39, 0.29) is 12.6 Å². The molecule has 1 aliphatic heterocycles. The molecule has 1 aliphatic rings. The molecule has 1 aromatic rings. The van der Waals surface area contributed by atoms with Crippen molar-refractivity contribution in [2.24, 2.45) is 5.92 Å². The smallest absolute Gasteiger partial charge is 0.411 e. The topological polar surface area (TPSA) is 55.8 Å². The second-order valence-electron chi connectivity index (χ2n) is 7.25. The third kappa shape index (κ3) is 4.98. The van der Waals surface area contributed by atoms with Gasteiger partial charge < -0.3 is 9.47 Å². The monoisotopic (exact) mass is 333 g/mol. The Labute approximate surface area is 143 Å². The summed E-state index contributed by atoms with van der Waals surface area (Å²) in [6.45, 7) is 8.28. The van der Waals surface area contributed by atoms with Crippen LogP contribution in [0.1, 0.15) is 46.1 Å². The lowest BCUT2D eigenvalue weighted by Crippen LogP contribution is -2.44. The summed E-state index contributed by atoms with van der Waals surface area (Å²) < 4.78 is 10.9. The van der Waals surface area contributed by atoms with E-state index in [4.69, 9.17) is 9.47 Å². The predicted octanol–water partition coefficient (Wildman–Crippen LogP) is 3.77. The number of likely N-dealkylation sites (tertiary alicyclic amines) is 1. The van der Waals surface area contributed by atoms with Gasteiger partial charge in [-0.1, -0.05) is 43.7 Å². The van der Waals surface area contributed by atoms with Gasteiger partial charge >= 0.3 is 12.1 Å². The fourth-order valence-electron chi connectivity index (χ4n) is 2.79. The van der Waals surface area contributed by atoms with Crippen LogP contribution in [-0.4, -0.2) is 35.2 Å². The molecule has 2 atom stereocenters. The van der Waals surface area contributed by atoms with Crippen molar-refractivity contribution in [3.8, 4) is 0 Å². The molecule has 1 aromatic carbocycles. The SMILES string of the molecule is CCC1CC(C(=O)OCc2ccccc2)N(C(=O)OC(C)(C)C)C1. The minimum Gasteiger partial charge on any atom is -0.459 e. The number of carbonyl (C=O) groups excluding carboxylic acids is 2. The van der Waals surface area contributed by atoms with Gasteiger partial charge in [0.25, 0.3) is 0 Å². The molecule has 0 N–H and O–H groups in total. The Bertz CT molecular complexity index is 564. The molecule has 0 aromatic heterocycles.